The first kappa shape index (κ1) is 32.4. The maximum absolute atomic E-state index is 2.62. The van der Waals surface area contributed by atoms with Gasteiger partial charge in [-0.05, 0) is 156 Å². The number of rotatable bonds is 3. The first-order valence-electron chi connectivity index (χ1n) is 20.1. The molecule has 0 unspecified atom stereocenters. The zero-order valence-corrected chi connectivity index (χ0v) is 33.0. The van der Waals surface area contributed by atoms with Crippen LogP contribution < -0.4 is 10.4 Å². The van der Waals surface area contributed by atoms with Gasteiger partial charge in [-0.15, -0.1) is 0 Å². The third-order valence-electron chi connectivity index (χ3n) is 12.9. The normalized spacial score (nSPS) is 13.2. The molecule has 0 nitrogen and oxygen atoms in total. The quantitative estimate of drug-likeness (QED) is 0.125. The van der Waals surface area contributed by atoms with E-state index in [1.54, 1.807) is 0 Å². The molecule has 1 heterocycles. The summed E-state index contributed by atoms with van der Waals surface area (Å²) in [5.41, 5.74) is 10.4. The first-order chi connectivity index (χ1) is 28.0. The monoisotopic (exact) mass is 738 g/mol. The molecule has 11 aromatic carbocycles. The highest BCUT2D eigenvalue weighted by molar-refractivity contribution is 7.04. The summed E-state index contributed by atoms with van der Waals surface area (Å²) < 4.78 is 0. The summed E-state index contributed by atoms with van der Waals surface area (Å²) in [6.07, 6.45) is 0. The summed E-state index contributed by atoms with van der Waals surface area (Å²) in [6, 6.07) is 73.5. The summed E-state index contributed by atoms with van der Waals surface area (Å²) in [4.78, 5) is 0. The molecule has 0 fully saturated rings. The van der Waals surface area contributed by atoms with Crippen molar-refractivity contribution in [2.24, 2.45) is 0 Å². The van der Waals surface area contributed by atoms with Crippen LogP contribution in [0.4, 0.5) is 0 Å². The third-order valence-corrected chi connectivity index (χ3v) is 16.5. The fraction of sp³-hybridized carbons (Fsp3) is 0.0357. The van der Waals surface area contributed by atoms with E-state index in [-0.39, 0.29) is 0 Å². The lowest BCUT2D eigenvalue weighted by molar-refractivity contribution is 1.66. The summed E-state index contributed by atoms with van der Waals surface area (Å²) in [5.74, 6) is 0. The van der Waals surface area contributed by atoms with Gasteiger partial charge in [0.1, 0.15) is 8.07 Å². The van der Waals surface area contributed by atoms with E-state index in [0.29, 0.717) is 0 Å². The Morgan fingerprint density at radius 3 is 1.21 bits per heavy atom. The van der Waals surface area contributed by atoms with E-state index in [9.17, 15) is 0 Å². The van der Waals surface area contributed by atoms with Crippen molar-refractivity contribution >= 4 is 83.1 Å². The van der Waals surface area contributed by atoms with Crippen molar-refractivity contribution in [1.82, 2.24) is 0 Å². The predicted molar refractivity (Wildman–Crippen MR) is 250 cm³/mol. The van der Waals surface area contributed by atoms with Gasteiger partial charge in [0.15, 0.2) is 0 Å². The molecule has 0 atom stereocenters. The number of hydrogen-bond donors (Lipinski definition) is 0. The van der Waals surface area contributed by atoms with Gasteiger partial charge in [0.2, 0.25) is 0 Å². The van der Waals surface area contributed by atoms with Crippen molar-refractivity contribution in [1.29, 1.82) is 0 Å². The molecular weight excluding hydrogens is 701 g/mol. The number of benzene rings is 11. The summed E-state index contributed by atoms with van der Waals surface area (Å²) in [7, 11) is -2.07. The summed E-state index contributed by atoms with van der Waals surface area (Å²) in [5, 5.41) is 18.5. The molecule has 0 amide bonds. The molecule has 0 bridgehead atoms. The molecule has 0 saturated heterocycles. The van der Waals surface area contributed by atoms with Crippen molar-refractivity contribution in [3.05, 3.63) is 194 Å². The van der Waals surface area contributed by atoms with E-state index in [4.69, 9.17) is 0 Å². The van der Waals surface area contributed by atoms with Crippen LogP contribution in [0, 0.1) is 0 Å². The van der Waals surface area contributed by atoms with E-state index in [0.717, 1.165) is 0 Å². The predicted octanol–water partition coefficient (Wildman–Crippen LogP) is 14.4. The molecule has 0 radical (unpaired) electrons. The van der Waals surface area contributed by atoms with E-state index >= 15 is 0 Å². The van der Waals surface area contributed by atoms with Crippen LogP contribution in [0.5, 0.6) is 0 Å². The SMILES string of the molecule is C[Si]1(C)c2cc3ccccc3cc2-c2cc3c(-c4ccc5ccccc5c4)c4ccc(-c5ccc6ccccc6c5)cc4c(-c4ccc5ccccc5c4)c3cc21. The zero-order chi connectivity index (χ0) is 37.8. The largest absolute Gasteiger partial charge is 0.113 e. The van der Waals surface area contributed by atoms with Crippen LogP contribution in [0.25, 0.3) is 109 Å². The van der Waals surface area contributed by atoms with Crippen LogP contribution in [0.15, 0.2) is 194 Å². The fourth-order valence-electron chi connectivity index (χ4n) is 10.00. The van der Waals surface area contributed by atoms with Gasteiger partial charge in [-0.1, -0.05) is 171 Å². The minimum absolute atomic E-state index is 1.23. The first-order valence-corrected chi connectivity index (χ1v) is 23.1. The topological polar surface area (TPSA) is 0 Å². The Bertz CT molecular complexity index is 3500. The van der Waals surface area contributed by atoms with Crippen LogP contribution in [-0.4, -0.2) is 8.07 Å². The summed E-state index contributed by atoms with van der Waals surface area (Å²) >= 11 is 0. The Kier molecular flexibility index (Phi) is 6.88. The lowest BCUT2D eigenvalue weighted by Crippen LogP contribution is -2.49. The molecule has 0 spiro atoms. The minimum Gasteiger partial charge on any atom is -0.0616 e. The molecular formula is C56H38Si. The average molecular weight is 739 g/mol. The Labute approximate surface area is 333 Å². The van der Waals surface area contributed by atoms with Crippen molar-refractivity contribution in [2.45, 2.75) is 13.1 Å². The highest BCUT2D eigenvalue weighted by Crippen LogP contribution is 2.48. The lowest BCUT2D eigenvalue weighted by atomic mass is 9.83. The lowest BCUT2D eigenvalue weighted by Gasteiger charge is -2.23. The van der Waals surface area contributed by atoms with Crippen molar-refractivity contribution < 1.29 is 0 Å². The van der Waals surface area contributed by atoms with Crippen molar-refractivity contribution in [3.8, 4) is 44.5 Å². The van der Waals surface area contributed by atoms with E-state index in [2.05, 4.69) is 207 Å². The minimum atomic E-state index is -2.07. The van der Waals surface area contributed by atoms with Crippen LogP contribution in [0.3, 0.4) is 0 Å². The molecule has 1 aliphatic rings. The van der Waals surface area contributed by atoms with E-state index in [1.165, 1.54) is 120 Å². The molecule has 0 aromatic heterocycles. The van der Waals surface area contributed by atoms with Crippen LogP contribution in [-0.2, 0) is 0 Å². The van der Waals surface area contributed by atoms with Crippen LogP contribution >= 0.6 is 0 Å². The average Bonchev–Trinajstić information content (AvgIpc) is 3.47. The Morgan fingerprint density at radius 2 is 0.632 bits per heavy atom. The van der Waals surface area contributed by atoms with Gasteiger partial charge in [0.25, 0.3) is 0 Å². The second-order valence-electron chi connectivity index (χ2n) is 16.5. The van der Waals surface area contributed by atoms with Crippen LogP contribution in [0.2, 0.25) is 13.1 Å². The van der Waals surface area contributed by atoms with Crippen molar-refractivity contribution in [3.63, 3.8) is 0 Å². The van der Waals surface area contributed by atoms with E-state index < -0.39 is 8.07 Å². The third kappa shape index (κ3) is 4.92. The summed E-state index contributed by atoms with van der Waals surface area (Å²) in [6.45, 7) is 5.11. The maximum Gasteiger partial charge on any atom is 0.113 e. The molecule has 1 heteroatoms. The fourth-order valence-corrected chi connectivity index (χ4v) is 13.1. The second kappa shape index (κ2) is 12.1. The molecule has 0 N–H and O–H groups in total. The highest BCUT2D eigenvalue weighted by Gasteiger charge is 2.38. The second-order valence-corrected chi connectivity index (χ2v) is 20.8. The van der Waals surface area contributed by atoms with Gasteiger partial charge >= 0.3 is 0 Å². The van der Waals surface area contributed by atoms with Gasteiger partial charge in [-0.2, -0.15) is 0 Å². The smallest absolute Gasteiger partial charge is 0.0616 e. The molecule has 12 rings (SSSR count). The molecule has 1 aliphatic heterocycles. The van der Waals surface area contributed by atoms with Crippen molar-refractivity contribution in [2.75, 3.05) is 0 Å². The van der Waals surface area contributed by atoms with Gasteiger partial charge < -0.3 is 0 Å². The van der Waals surface area contributed by atoms with Gasteiger partial charge in [0.05, 0.1) is 0 Å². The Hall–Kier alpha value is -6.80. The number of fused-ring (bicyclic) bond motifs is 9. The molecule has 0 saturated carbocycles. The number of hydrogen-bond acceptors (Lipinski definition) is 0. The molecule has 11 aromatic rings. The van der Waals surface area contributed by atoms with Gasteiger partial charge in [-0.3, -0.25) is 0 Å². The highest BCUT2D eigenvalue weighted by atomic mass is 28.3. The Morgan fingerprint density at radius 1 is 0.263 bits per heavy atom. The van der Waals surface area contributed by atoms with Gasteiger partial charge in [-0.25, -0.2) is 0 Å². The molecule has 57 heavy (non-hydrogen) atoms. The molecule has 0 aliphatic carbocycles. The zero-order valence-electron chi connectivity index (χ0n) is 32.0. The van der Waals surface area contributed by atoms with E-state index in [1.807, 2.05) is 0 Å². The standard InChI is InChI=1S/C56H38Si/c1-57(2)53-32-42-18-10-9-17-41(42)30-48(53)49-33-51-52(34-54(49)57)56(46-24-21-37-13-5-8-16-40(37)29-46)50-31-44(43-22-19-35-11-3-6-14-38(35)27-43)25-26-47(50)55(51)45-23-20-36-12-4-7-15-39(36)28-45/h3-34H,1-2H3. The molecule has 266 valence electrons. The van der Waals surface area contributed by atoms with Crippen LogP contribution in [0.1, 0.15) is 0 Å². The maximum atomic E-state index is 2.62. The van der Waals surface area contributed by atoms with Gasteiger partial charge in [0, 0.05) is 0 Å². The Balaban J connectivity index is 1.24.